The number of morpholine rings is 1. The zero-order valence-corrected chi connectivity index (χ0v) is 17.4. The molecule has 0 radical (unpaired) electrons. The first-order chi connectivity index (χ1) is 13.8. The molecule has 1 N–H and O–H groups in total. The topological polar surface area (TPSA) is 67.9 Å². The van der Waals surface area contributed by atoms with E-state index in [1.165, 1.54) is 0 Å². The quantitative estimate of drug-likeness (QED) is 0.782. The Morgan fingerprint density at radius 3 is 2.31 bits per heavy atom. The number of amides is 2. The molecule has 154 valence electrons. The lowest BCUT2D eigenvalue weighted by atomic mass is 10.1. The number of benzene rings is 2. The van der Waals surface area contributed by atoms with Crippen LogP contribution in [-0.2, 0) is 20.7 Å². The van der Waals surface area contributed by atoms with Crippen LogP contribution < -0.4 is 10.1 Å². The molecule has 6 nitrogen and oxygen atoms in total. The Balaban J connectivity index is 1.56. The third-order valence-electron chi connectivity index (χ3n) is 4.66. The van der Waals surface area contributed by atoms with E-state index in [4.69, 9.17) is 21.1 Å². The second-order valence-electron chi connectivity index (χ2n) is 7.39. The highest BCUT2D eigenvalue weighted by Crippen LogP contribution is 2.22. The zero-order chi connectivity index (χ0) is 20.9. The van der Waals surface area contributed by atoms with Crippen molar-refractivity contribution in [3.63, 3.8) is 0 Å². The molecule has 0 atom stereocenters. The minimum Gasteiger partial charge on any atom is -0.478 e. The molecule has 7 heteroatoms. The molecule has 1 aliphatic heterocycles. The van der Waals surface area contributed by atoms with E-state index in [-0.39, 0.29) is 11.8 Å². The lowest BCUT2D eigenvalue weighted by molar-refractivity contribution is -0.134. The minimum atomic E-state index is -1.07. The van der Waals surface area contributed by atoms with Gasteiger partial charge in [0.2, 0.25) is 5.91 Å². The van der Waals surface area contributed by atoms with Crippen molar-refractivity contribution < 1.29 is 19.1 Å². The van der Waals surface area contributed by atoms with Gasteiger partial charge in [-0.15, -0.1) is 0 Å². The van der Waals surface area contributed by atoms with Crippen LogP contribution in [0.5, 0.6) is 5.75 Å². The second-order valence-corrected chi connectivity index (χ2v) is 7.82. The van der Waals surface area contributed by atoms with Gasteiger partial charge >= 0.3 is 0 Å². The summed E-state index contributed by atoms with van der Waals surface area (Å²) in [5.41, 5.74) is 0.472. The van der Waals surface area contributed by atoms with Gasteiger partial charge in [0.15, 0.2) is 5.60 Å². The molecule has 2 aromatic rings. The van der Waals surface area contributed by atoms with Crippen LogP contribution in [0.15, 0.2) is 48.5 Å². The maximum atomic E-state index is 12.6. The van der Waals surface area contributed by atoms with Crippen molar-refractivity contribution in [1.82, 2.24) is 4.90 Å². The number of halogens is 1. The van der Waals surface area contributed by atoms with Gasteiger partial charge in [-0.2, -0.15) is 0 Å². The Morgan fingerprint density at radius 2 is 1.69 bits per heavy atom. The summed E-state index contributed by atoms with van der Waals surface area (Å²) in [6, 6.07) is 14.1. The number of anilines is 1. The fourth-order valence-corrected chi connectivity index (χ4v) is 3.06. The summed E-state index contributed by atoms with van der Waals surface area (Å²) in [6.45, 7) is 5.85. The molecule has 2 aromatic carbocycles. The third kappa shape index (κ3) is 5.95. The van der Waals surface area contributed by atoms with Crippen LogP contribution in [0.4, 0.5) is 5.69 Å². The highest BCUT2D eigenvalue weighted by atomic mass is 35.5. The summed E-state index contributed by atoms with van der Waals surface area (Å²) < 4.78 is 11.1. The predicted octanol–water partition coefficient (Wildman–Crippen LogP) is 3.54. The first-order valence-electron chi connectivity index (χ1n) is 9.54. The van der Waals surface area contributed by atoms with Gasteiger partial charge in [0.05, 0.1) is 19.6 Å². The Labute approximate surface area is 175 Å². The average molecular weight is 417 g/mol. The van der Waals surface area contributed by atoms with E-state index >= 15 is 0 Å². The normalized spacial score (nSPS) is 14.4. The molecule has 0 saturated carbocycles. The van der Waals surface area contributed by atoms with Crippen molar-refractivity contribution in [2.75, 3.05) is 31.6 Å². The summed E-state index contributed by atoms with van der Waals surface area (Å²) >= 11 is 5.88. The van der Waals surface area contributed by atoms with Crippen molar-refractivity contribution in [3.05, 3.63) is 59.1 Å². The first-order valence-corrected chi connectivity index (χ1v) is 9.92. The molecule has 3 rings (SSSR count). The number of rotatable bonds is 6. The fourth-order valence-electron chi connectivity index (χ4n) is 2.93. The molecule has 2 amide bonds. The third-order valence-corrected chi connectivity index (χ3v) is 4.92. The largest absolute Gasteiger partial charge is 0.478 e. The van der Waals surface area contributed by atoms with E-state index in [0.29, 0.717) is 49.2 Å². The highest BCUT2D eigenvalue weighted by Gasteiger charge is 2.30. The maximum Gasteiger partial charge on any atom is 0.267 e. The molecule has 0 aromatic heterocycles. The molecule has 1 saturated heterocycles. The van der Waals surface area contributed by atoms with E-state index in [9.17, 15) is 9.59 Å². The molecule has 0 aliphatic carbocycles. The van der Waals surface area contributed by atoms with Gasteiger partial charge < -0.3 is 19.7 Å². The Bertz CT molecular complexity index is 844. The Hall–Kier alpha value is -2.57. The number of carbonyl (C=O) groups excluding carboxylic acids is 2. The SMILES string of the molecule is CC(C)(Oc1ccc(Cl)cc1)C(=O)Nc1ccc(CC(=O)N2CCOCC2)cc1. The van der Waals surface area contributed by atoms with Crippen LogP contribution in [0, 0.1) is 0 Å². The first kappa shape index (κ1) is 21.1. The number of hydrogen-bond donors (Lipinski definition) is 1. The number of hydrogen-bond acceptors (Lipinski definition) is 4. The van der Waals surface area contributed by atoms with E-state index in [2.05, 4.69) is 5.32 Å². The van der Waals surface area contributed by atoms with E-state index in [0.717, 1.165) is 5.56 Å². The number of nitrogens with zero attached hydrogens (tertiary/aromatic N) is 1. The summed E-state index contributed by atoms with van der Waals surface area (Å²) in [5, 5.41) is 3.46. The Morgan fingerprint density at radius 1 is 1.07 bits per heavy atom. The summed E-state index contributed by atoms with van der Waals surface area (Å²) in [4.78, 5) is 26.8. The molecule has 1 fully saturated rings. The summed E-state index contributed by atoms with van der Waals surface area (Å²) in [7, 11) is 0. The smallest absolute Gasteiger partial charge is 0.267 e. The molecule has 0 unspecified atom stereocenters. The van der Waals surface area contributed by atoms with Crippen molar-refractivity contribution in [2.45, 2.75) is 25.9 Å². The lowest BCUT2D eigenvalue weighted by Gasteiger charge is -2.27. The van der Waals surface area contributed by atoms with Crippen molar-refractivity contribution >= 4 is 29.1 Å². The summed E-state index contributed by atoms with van der Waals surface area (Å²) in [6.07, 6.45) is 0.333. The van der Waals surface area contributed by atoms with Crippen LogP contribution in [0.3, 0.4) is 0 Å². The molecule has 1 aliphatic rings. The zero-order valence-electron chi connectivity index (χ0n) is 16.6. The average Bonchev–Trinajstić information content (AvgIpc) is 2.71. The van der Waals surface area contributed by atoms with Crippen LogP contribution in [-0.4, -0.2) is 48.6 Å². The van der Waals surface area contributed by atoms with E-state index < -0.39 is 5.60 Å². The standard InChI is InChI=1S/C22H25ClN2O4/c1-22(2,29-19-9-5-17(23)6-10-19)21(27)24-18-7-3-16(4-8-18)15-20(26)25-11-13-28-14-12-25/h3-10H,11-15H2,1-2H3,(H,24,27). The minimum absolute atomic E-state index is 0.0857. The molecule has 1 heterocycles. The van der Waals surface area contributed by atoms with Gasteiger partial charge in [-0.25, -0.2) is 0 Å². The molecular weight excluding hydrogens is 392 g/mol. The monoisotopic (exact) mass is 416 g/mol. The van der Waals surface area contributed by atoms with Crippen molar-refractivity contribution in [1.29, 1.82) is 0 Å². The van der Waals surface area contributed by atoms with Gasteiger partial charge in [0, 0.05) is 23.8 Å². The molecular formula is C22H25ClN2O4. The maximum absolute atomic E-state index is 12.6. The van der Waals surface area contributed by atoms with Gasteiger partial charge in [0.25, 0.3) is 5.91 Å². The van der Waals surface area contributed by atoms with Crippen LogP contribution in [0.2, 0.25) is 5.02 Å². The van der Waals surface area contributed by atoms with E-state index in [1.807, 2.05) is 17.0 Å². The molecule has 0 spiro atoms. The lowest BCUT2D eigenvalue weighted by Crippen LogP contribution is -2.42. The van der Waals surface area contributed by atoms with Crippen LogP contribution >= 0.6 is 11.6 Å². The second kappa shape index (κ2) is 9.29. The van der Waals surface area contributed by atoms with Crippen LogP contribution in [0.25, 0.3) is 0 Å². The number of nitrogens with one attached hydrogen (secondary N) is 1. The van der Waals surface area contributed by atoms with E-state index in [1.54, 1.807) is 50.2 Å². The Kier molecular flexibility index (Phi) is 6.77. The summed E-state index contributed by atoms with van der Waals surface area (Å²) in [5.74, 6) is 0.374. The molecule has 0 bridgehead atoms. The van der Waals surface area contributed by atoms with Crippen LogP contribution in [0.1, 0.15) is 19.4 Å². The van der Waals surface area contributed by atoms with Gasteiger partial charge in [-0.3, -0.25) is 9.59 Å². The van der Waals surface area contributed by atoms with Gasteiger partial charge in [-0.1, -0.05) is 23.7 Å². The molecule has 29 heavy (non-hydrogen) atoms. The van der Waals surface area contributed by atoms with Crippen molar-refractivity contribution in [2.24, 2.45) is 0 Å². The number of ether oxygens (including phenoxy) is 2. The van der Waals surface area contributed by atoms with Gasteiger partial charge in [-0.05, 0) is 55.8 Å². The van der Waals surface area contributed by atoms with Crippen molar-refractivity contribution in [3.8, 4) is 5.75 Å². The highest BCUT2D eigenvalue weighted by molar-refractivity contribution is 6.30. The predicted molar refractivity (Wildman–Crippen MR) is 112 cm³/mol. The fraction of sp³-hybridized carbons (Fsp3) is 0.364. The van der Waals surface area contributed by atoms with Gasteiger partial charge in [0.1, 0.15) is 5.75 Å². The number of carbonyl (C=O) groups is 2.